The first kappa shape index (κ1) is 13.2. The summed E-state index contributed by atoms with van der Waals surface area (Å²) in [5.41, 5.74) is 0.881. The molecular weight excluding hydrogens is 268 g/mol. The molecule has 0 radical (unpaired) electrons. The average Bonchev–Trinajstić information content (AvgIpc) is 2.24. The Morgan fingerprint density at radius 1 is 1.44 bits per heavy atom. The summed E-state index contributed by atoms with van der Waals surface area (Å²) in [6.45, 7) is 4.02. The van der Waals surface area contributed by atoms with Crippen LogP contribution < -0.4 is 5.32 Å². The van der Waals surface area contributed by atoms with Crippen LogP contribution >= 0.6 is 15.9 Å². The van der Waals surface area contributed by atoms with E-state index in [-0.39, 0.29) is 5.91 Å². The molecule has 1 aromatic rings. The average molecular weight is 285 g/mol. The maximum Gasteiger partial charge on any atom is 0.225 e. The van der Waals surface area contributed by atoms with Crippen LogP contribution in [0, 0.1) is 6.92 Å². The molecule has 0 spiro atoms. The largest absolute Gasteiger partial charge is 0.311 e. The third-order valence-electron chi connectivity index (χ3n) is 2.30. The number of pyridine rings is 1. The second-order valence-corrected chi connectivity index (χ2v) is 4.62. The Balaban J connectivity index is 2.46. The molecule has 0 atom stereocenters. The quantitative estimate of drug-likeness (QED) is 0.839. The lowest BCUT2D eigenvalue weighted by atomic mass is 10.2. The molecule has 0 saturated carbocycles. The fraction of sp³-hybridized carbons (Fsp3) is 0.500. The molecule has 0 bridgehead atoms. The van der Waals surface area contributed by atoms with Crippen LogP contribution in [-0.4, -0.2) is 10.9 Å². The van der Waals surface area contributed by atoms with Crippen LogP contribution in [0.15, 0.2) is 16.6 Å². The van der Waals surface area contributed by atoms with Crippen LogP contribution in [0.1, 0.15) is 38.3 Å². The number of anilines is 1. The minimum Gasteiger partial charge on any atom is -0.311 e. The van der Waals surface area contributed by atoms with Crippen molar-refractivity contribution in [2.45, 2.75) is 39.5 Å². The van der Waals surface area contributed by atoms with Gasteiger partial charge >= 0.3 is 0 Å². The summed E-state index contributed by atoms with van der Waals surface area (Å²) in [6, 6.07) is 3.69. The number of nitrogens with one attached hydrogen (secondary N) is 1. The fourth-order valence-corrected chi connectivity index (χ4v) is 1.58. The van der Waals surface area contributed by atoms with Gasteiger partial charge in [-0.05, 0) is 41.4 Å². The van der Waals surface area contributed by atoms with Crippen molar-refractivity contribution in [3.8, 4) is 0 Å². The molecule has 1 rings (SSSR count). The molecule has 0 aliphatic carbocycles. The lowest BCUT2D eigenvalue weighted by Gasteiger charge is -2.05. The van der Waals surface area contributed by atoms with Crippen LogP contribution in [0.3, 0.4) is 0 Å². The highest BCUT2D eigenvalue weighted by atomic mass is 79.9. The number of carbonyl (C=O) groups excluding carboxylic acids is 1. The molecule has 0 unspecified atom stereocenters. The van der Waals surface area contributed by atoms with E-state index in [1.54, 1.807) is 6.07 Å². The summed E-state index contributed by atoms with van der Waals surface area (Å²) in [5.74, 6) is 0.671. The molecule has 1 N–H and O–H groups in total. The Bertz CT molecular complexity index is 366. The van der Waals surface area contributed by atoms with E-state index in [9.17, 15) is 4.79 Å². The van der Waals surface area contributed by atoms with Crippen molar-refractivity contribution in [3.63, 3.8) is 0 Å². The van der Waals surface area contributed by atoms with Crippen molar-refractivity contribution in [1.29, 1.82) is 0 Å². The van der Waals surface area contributed by atoms with Gasteiger partial charge in [-0.3, -0.25) is 4.79 Å². The monoisotopic (exact) mass is 284 g/mol. The van der Waals surface area contributed by atoms with Crippen molar-refractivity contribution >= 4 is 27.7 Å². The molecule has 0 saturated heterocycles. The van der Waals surface area contributed by atoms with Crippen molar-refractivity contribution in [3.05, 3.63) is 22.3 Å². The molecule has 1 aromatic heterocycles. The second-order valence-electron chi connectivity index (χ2n) is 3.77. The fourth-order valence-electron chi connectivity index (χ4n) is 1.35. The summed E-state index contributed by atoms with van der Waals surface area (Å²) in [4.78, 5) is 15.8. The lowest BCUT2D eigenvalue weighted by Crippen LogP contribution is -2.12. The zero-order valence-electron chi connectivity index (χ0n) is 9.72. The van der Waals surface area contributed by atoms with E-state index in [0.29, 0.717) is 12.2 Å². The van der Waals surface area contributed by atoms with E-state index < -0.39 is 0 Å². The molecule has 4 heteroatoms. The van der Waals surface area contributed by atoms with Crippen LogP contribution in [0.5, 0.6) is 0 Å². The number of aryl methyl sites for hydroxylation is 1. The lowest BCUT2D eigenvalue weighted by molar-refractivity contribution is -0.116. The Hall–Kier alpha value is -0.900. The van der Waals surface area contributed by atoms with Gasteiger partial charge in [0.05, 0.1) is 5.69 Å². The van der Waals surface area contributed by atoms with Gasteiger partial charge in [0.2, 0.25) is 5.91 Å². The molecular formula is C12H17BrN2O. The highest BCUT2D eigenvalue weighted by molar-refractivity contribution is 9.10. The van der Waals surface area contributed by atoms with Gasteiger partial charge in [0, 0.05) is 10.9 Å². The maximum atomic E-state index is 11.5. The maximum absolute atomic E-state index is 11.5. The van der Waals surface area contributed by atoms with E-state index in [4.69, 9.17) is 0 Å². The Morgan fingerprint density at radius 2 is 2.19 bits per heavy atom. The number of hydrogen-bond donors (Lipinski definition) is 1. The van der Waals surface area contributed by atoms with Gasteiger partial charge in [0.15, 0.2) is 0 Å². The Morgan fingerprint density at radius 3 is 2.81 bits per heavy atom. The third-order valence-corrected chi connectivity index (χ3v) is 3.13. The molecule has 0 fully saturated rings. The minimum atomic E-state index is 0.0441. The van der Waals surface area contributed by atoms with Crippen LogP contribution in [0.4, 0.5) is 5.82 Å². The molecule has 0 aliphatic heterocycles. The predicted molar refractivity (Wildman–Crippen MR) is 69.4 cm³/mol. The van der Waals surface area contributed by atoms with Gasteiger partial charge in [0.1, 0.15) is 5.82 Å². The van der Waals surface area contributed by atoms with Crippen LogP contribution in [0.2, 0.25) is 0 Å². The highest BCUT2D eigenvalue weighted by Crippen LogP contribution is 2.16. The normalized spacial score (nSPS) is 10.2. The number of amides is 1. The number of halogens is 1. The van der Waals surface area contributed by atoms with E-state index in [2.05, 4.69) is 33.2 Å². The SMILES string of the molecule is CCCCCC(=O)Nc1ccc(Br)c(C)n1. The number of aromatic nitrogens is 1. The highest BCUT2D eigenvalue weighted by Gasteiger charge is 2.04. The zero-order valence-corrected chi connectivity index (χ0v) is 11.3. The summed E-state index contributed by atoms with van der Waals surface area (Å²) in [7, 11) is 0. The molecule has 0 aliphatic rings. The first-order valence-electron chi connectivity index (χ1n) is 5.56. The van der Waals surface area contributed by atoms with Gasteiger partial charge in [-0.1, -0.05) is 19.8 Å². The van der Waals surface area contributed by atoms with Crippen LogP contribution in [0.25, 0.3) is 0 Å². The molecule has 1 heterocycles. The summed E-state index contributed by atoms with van der Waals surface area (Å²) in [6.07, 6.45) is 3.74. The number of nitrogens with zero attached hydrogens (tertiary/aromatic N) is 1. The first-order valence-corrected chi connectivity index (χ1v) is 6.35. The first-order chi connectivity index (χ1) is 7.63. The van der Waals surface area contributed by atoms with Crippen molar-refractivity contribution in [2.24, 2.45) is 0 Å². The second kappa shape index (κ2) is 6.63. The molecule has 16 heavy (non-hydrogen) atoms. The van der Waals surface area contributed by atoms with Crippen molar-refractivity contribution in [1.82, 2.24) is 4.98 Å². The number of rotatable bonds is 5. The van der Waals surface area contributed by atoms with E-state index >= 15 is 0 Å². The zero-order chi connectivity index (χ0) is 12.0. The molecule has 88 valence electrons. The Kier molecular flexibility index (Phi) is 5.46. The van der Waals surface area contributed by atoms with Crippen molar-refractivity contribution < 1.29 is 4.79 Å². The predicted octanol–water partition coefficient (Wildman–Crippen LogP) is 3.67. The van der Waals surface area contributed by atoms with E-state index in [1.807, 2.05) is 13.0 Å². The number of hydrogen-bond acceptors (Lipinski definition) is 2. The number of unbranched alkanes of at least 4 members (excludes halogenated alkanes) is 2. The van der Waals surface area contributed by atoms with Gasteiger partial charge in [-0.15, -0.1) is 0 Å². The molecule has 1 amide bonds. The van der Waals surface area contributed by atoms with Crippen LogP contribution in [-0.2, 0) is 4.79 Å². The van der Waals surface area contributed by atoms with Gasteiger partial charge < -0.3 is 5.32 Å². The smallest absolute Gasteiger partial charge is 0.225 e. The summed E-state index contributed by atoms with van der Waals surface area (Å²) < 4.78 is 0.955. The standard InChI is InChI=1S/C12H17BrN2O/c1-3-4-5-6-12(16)15-11-8-7-10(13)9(2)14-11/h7-8H,3-6H2,1-2H3,(H,14,15,16). The Labute approximate surface area is 105 Å². The summed E-state index contributed by atoms with van der Waals surface area (Å²) >= 11 is 3.37. The topological polar surface area (TPSA) is 42.0 Å². The van der Waals surface area contributed by atoms with Gasteiger partial charge in [-0.25, -0.2) is 4.98 Å². The number of carbonyl (C=O) groups is 1. The van der Waals surface area contributed by atoms with E-state index in [1.165, 1.54) is 0 Å². The molecule has 3 nitrogen and oxygen atoms in total. The van der Waals surface area contributed by atoms with Crippen molar-refractivity contribution in [2.75, 3.05) is 5.32 Å². The van der Waals surface area contributed by atoms with Gasteiger partial charge in [-0.2, -0.15) is 0 Å². The minimum absolute atomic E-state index is 0.0441. The third kappa shape index (κ3) is 4.31. The summed E-state index contributed by atoms with van der Waals surface area (Å²) in [5, 5.41) is 2.80. The molecule has 0 aromatic carbocycles. The van der Waals surface area contributed by atoms with E-state index in [0.717, 1.165) is 29.4 Å². The van der Waals surface area contributed by atoms with Gasteiger partial charge in [0.25, 0.3) is 0 Å².